The highest BCUT2D eigenvalue weighted by molar-refractivity contribution is 6.26. The van der Waals surface area contributed by atoms with Gasteiger partial charge in [0.2, 0.25) is 0 Å². The van der Waals surface area contributed by atoms with E-state index in [4.69, 9.17) is 9.97 Å². The van der Waals surface area contributed by atoms with E-state index in [9.17, 15) is 0 Å². The lowest BCUT2D eigenvalue weighted by atomic mass is 9.91. The molecule has 0 saturated carbocycles. The molecule has 0 N–H and O–H groups in total. The van der Waals surface area contributed by atoms with Gasteiger partial charge in [-0.2, -0.15) is 0 Å². The smallest absolute Gasteiger partial charge is 0.160 e. The predicted octanol–water partition coefficient (Wildman–Crippen LogP) is 15.0. The number of rotatable bonds is 7. The largest absolute Gasteiger partial charge is 0.309 e. The second kappa shape index (κ2) is 14.7. The van der Waals surface area contributed by atoms with Crippen molar-refractivity contribution in [1.82, 2.24) is 19.1 Å². The molecule has 62 heavy (non-hydrogen) atoms. The van der Waals surface area contributed by atoms with Gasteiger partial charge >= 0.3 is 0 Å². The zero-order chi connectivity index (χ0) is 41.0. The van der Waals surface area contributed by atoms with Crippen LogP contribution < -0.4 is 0 Å². The number of hydrogen-bond acceptors (Lipinski definition) is 2. The monoisotopic (exact) mass is 790 g/mol. The van der Waals surface area contributed by atoms with Crippen molar-refractivity contribution in [3.8, 4) is 67.5 Å². The number of para-hydroxylation sites is 3. The number of nitrogens with zero attached hydrogens (tertiary/aromatic N) is 4. The first-order chi connectivity index (χ1) is 30.8. The summed E-state index contributed by atoms with van der Waals surface area (Å²) in [6.07, 6.45) is 0. The van der Waals surface area contributed by atoms with E-state index < -0.39 is 0 Å². The van der Waals surface area contributed by atoms with Crippen molar-refractivity contribution in [2.24, 2.45) is 0 Å². The fourth-order valence-electron chi connectivity index (χ4n) is 9.36. The molecule has 0 bridgehead atoms. The van der Waals surface area contributed by atoms with E-state index in [1.54, 1.807) is 0 Å². The van der Waals surface area contributed by atoms with E-state index in [1.165, 1.54) is 32.6 Å². The minimum atomic E-state index is 0.686. The molecule has 9 aromatic carbocycles. The van der Waals surface area contributed by atoms with Gasteiger partial charge in [-0.3, -0.25) is 0 Å². The van der Waals surface area contributed by atoms with Gasteiger partial charge in [0, 0.05) is 49.5 Å². The van der Waals surface area contributed by atoms with Crippen LogP contribution in [0.3, 0.4) is 0 Å². The molecule has 290 valence electrons. The van der Waals surface area contributed by atoms with Crippen LogP contribution in [0.5, 0.6) is 0 Å². The van der Waals surface area contributed by atoms with Crippen molar-refractivity contribution in [2.75, 3.05) is 0 Å². The van der Waals surface area contributed by atoms with Crippen LogP contribution in [-0.4, -0.2) is 19.1 Å². The highest BCUT2D eigenvalue weighted by Crippen LogP contribution is 2.46. The molecule has 0 aliphatic rings. The van der Waals surface area contributed by atoms with E-state index in [0.717, 1.165) is 72.7 Å². The molecule has 0 aliphatic heterocycles. The van der Waals surface area contributed by atoms with Gasteiger partial charge in [-0.1, -0.05) is 182 Å². The Kier molecular flexibility index (Phi) is 8.46. The third-order valence-corrected chi connectivity index (χ3v) is 12.1. The molecule has 12 aromatic rings. The van der Waals surface area contributed by atoms with Crippen molar-refractivity contribution in [1.29, 1.82) is 0 Å². The molecular formula is C58H38N4. The van der Waals surface area contributed by atoms with E-state index in [1.807, 2.05) is 24.3 Å². The minimum absolute atomic E-state index is 0.686. The van der Waals surface area contributed by atoms with Gasteiger partial charge in [-0.15, -0.1) is 0 Å². The Balaban J connectivity index is 1.23. The van der Waals surface area contributed by atoms with Gasteiger partial charge in [0.15, 0.2) is 5.82 Å². The minimum Gasteiger partial charge on any atom is -0.309 e. The second-order valence-electron chi connectivity index (χ2n) is 15.7. The third kappa shape index (κ3) is 5.84. The van der Waals surface area contributed by atoms with Crippen LogP contribution in [0.25, 0.3) is 111 Å². The van der Waals surface area contributed by atoms with E-state index in [-0.39, 0.29) is 0 Å². The molecule has 0 unspecified atom stereocenters. The summed E-state index contributed by atoms with van der Waals surface area (Å²) in [5.74, 6) is 0.686. The zero-order valence-electron chi connectivity index (χ0n) is 33.7. The van der Waals surface area contributed by atoms with Crippen LogP contribution in [0.1, 0.15) is 0 Å². The Morgan fingerprint density at radius 1 is 0.306 bits per heavy atom. The maximum Gasteiger partial charge on any atom is 0.160 e. The Bertz CT molecular complexity index is 3530. The molecule has 0 radical (unpaired) electrons. The van der Waals surface area contributed by atoms with Crippen molar-refractivity contribution in [3.05, 3.63) is 231 Å². The van der Waals surface area contributed by atoms with Gasteiger partial charge in [-0.25, -0.2) is 9.97 Å². The summed E-state index contributed by atoms with van der Waals surface area (Å²) in [5, 5.41) is 4.86. The lowest BCUT2D eigenvalue weighted by Crippen LogP contribution is -2.02. The first kappa shape index (κ1) is 35.6. The summed E-state index contributed by atoms with van der Waals surface area (Å²) < 4.78 is 4.94. The molecule has 4 heteroatoms. The van der Waals surface area contributed by atoms with Crippen LogP contribution in [0.4, 0.5) is 0 Å². The molecule has 0 fully saturated rings. The van der Waals surface area contributed by atoms with E-state index >= 15 is 0 Å². The molecule has 0 aliphatic carbocycles. The number of fused-ring (bicyclic) bond motifs is 7. The van der Waals surface area contributed by atoms with Crippen LogP contribution in [0.2, 0.25) is 0 Å². The lowest BCUT2D eigenvalue weighted by molar-refractivity contribution is 1.17. The predicted molar refractivity (Wildman–Crippen MR) is 258 cm³/mol. The summed E-state index contributed by atoms with van der Waals surface area (Å²) in [7, 11) is 0. The highest BCUT2D eigenvalue weighted by atomic mass is 15.0. The van der Waals surface area contributed by atoms with Crippen LogP contribution in [-0.2, 0) is 0 Å². The molecule has 0 saturated heterocycles. The molecular weight excluding hydrogens is 753 g/mol. The SMILES string of the molecule is c1ccc(-c2cc(-c3cc(-c4ccccc4)c(-n4c5ccccc5c5ccc6c(c7ccccc7n6-c6ccccc6)c54)cc3-c3ccccc3)nc(-c3ccccc3)n2)cc1. The molecule has 4 nitrogen and oxygen atoms in total. The van der Waals surface area contributed by atoms with Crippen molar-refractivity contribution < 1.29 is 0 Å². The first-order valence-corrected chi connectivity index (χ1v) is 21.1. The van der Waals surface area contributed by atoms with E-state index in [2.05, 4.69) is 215 Å². The normalized spacial score (nSPS) is 11.5. The fourth-order valence-corrected chi connectivity index (χ4v) is 9.36. The number of hydrogen-bond donors (Lipinski definition) is 0. The quantitative estimate of drug-likeness (QED) is 0.161. The van der Waals surface area contributed by atoms with Crippen molar-refractivity contribution in [3.63, 3.8) is 0 Å². The number of aromatic nitrogens is 4. The Morgan fingerprint density at radius 3 is 1.48 bits per heavy atom. The average Bonchev–Trinajstić information content (AvgIpc) is 3.88. The highest BCUT2D eigenvalue weighted by Gasteiger charge is 2.25. The Morgan fingerprint density at radius 2 is 0.823 bits per heavy atom. The summed E-state index contributed by atoms with van der Waals surface area (Å²) in [6.45, 7) is 0. The molecule has 3 heterocycles. The van der Waals surface area contributed by atoms with Crippen molar-refractivity contribution in [2.45, 2.75) is 0 Å². The molecule has 12 rings (SSSR count). The summed E-state index contributed by atoms with van der Waals surface area (Å²) in [5.41, 5.74) is 16.1. The molecule has 0 atom stereocenters. The first-order valence-electron chi connectivity index (χ1n) is 21.1. The van der Waals surface area contributed by atoms with Gasteiger partial charge < -0.3 is 9.13 Å². The third-order valence-electron chi connectivity index (χ3n) is 12.1. The van der Waals surface area contributed by atoms with Crippen LogP contribution in [0, 0.1) is 0 Å². The van der Waals surface area contributed by atoms with Gasteiger partial charge in [0.25, 0.3) is 0 Å². The van der Waals surface area contributed by atoms with Crippen LogP contribution >= 0.6 is 0 Å². The molecule has 0 spiro atoms. The average molecular weight is 791 g/mol. The Labute approximate surface area is 359 Å². The van der Waals surface area contributed by atoms with Crippen LogP contribution in [0.15, 0.2) is 231 Å². The van der Waals surface area contributed by atoms with Gasteiger partial charge in [-0.05, 0) is 65.2 Å². The second-order valence-corrected chi connectivity index (χ2v) is 15.7. The fraction of sp³-hybridized carbons (Fsp3) is 0. The van der Waals surface area contributed by atoms with Gasteiger partial charge in [0.1, 0.15) is 0 Å². The maximum absolute atomic E-state index is 5.40. The zero-order valence-corrected chi connectivity index (χ0v) is 33.7. The summed E-state index contributed by atoms with van der Waals surface area (Å²) in [4.78, 5) is 10.6. The Hall–Kier alpha value is -8.34. The lowest BCUT2D eigenvalue weighted by Gasteiger charge is -2.20. The van der Waals surface area contributed by atoms with E-state index in [0.29, 0.717) is 5.82 Å². The standard InChI is InChI=1S/C58H38N4/c1-6-20-39(21-7-1)47-37-55(48(40-22-8-2-9-23-40)36-49(47)51-38-50(41-24-10-3-11-25-41)59-58(60-51)42-26-12-4-13-27-42)62-52-32-18-16-30-44(52)45-34-35-54-56(57(45)62)46-31-17-19-33-53(46)61(54)43-28-14-5-15-29-43/h1-38H. The summed E-state index contributed by atoms with van der Waals surface area (Å²) >= 11 is 0. The summed E-state index contributed by atoms with van der Waals surface area (Å²) in [6, 6.07) is 82.2. The molecule has 0 amide bonds. The number of benzene rings is 9. The van der Waals surface area contributed by atoms with Gasteiger partial charge in [0.05, 0.1) is 39.1 Å². The molecule has 3 aromatic heterocycles. The van der Waals surface area contributed by atoms with Crippen molar-refractivity contribution >= 4 is 43.6 Å². The maximum atomic E-state index is 5.40. The topological polar surface area (TPSA) is 35.6 Å².